The molecule has 0 saturated carbocycles. The van der Waals surface area contributed by atoms with Crippen LogP contribution in [0.3, 0.4) is 0 Å². The van der Waals surface area contributed by atoms with Gasteiger partial charge in [-0.3, -0.25) is 15.1 Å². The molecule has 0 radical (unpaired) electrons. The minimum atomic E-state index is -0.225. The molecule has 1 aromatic heterocycles. The maximum Gasteiger partial charge on any atom is 0.275 e. The van der Waals surface area contributed by atoms with Crippen molar-refractivity contribution in [3.63, 3.8) is 0 Å². The van der Waals surface area contributed by atoms with Crippen LogP contribution in [0.5, 0.6) is 0 Å². The molecule has 1 saturated heterocycles. The van der Waals surface area contributed by atoms with Crippen LogP contribution in [0.15, 0.2) is 12.1 Å². The van der Waals surface area contributed by atoms with Crippen molar-refractivity contribution in [2.75, 3.05) is 20.2 Å². The first-order valence-corrected chi connectivity index (χ1v) is 7.25. The third-order valence-corrected chi connectivity index (χ3v) is 4.70. The highest BCUT2D eigenvalue weighted by Crippen LogP contribution is 2.26. The van der Waals surface area contributed by atoms with Crippen LogP contribution in [-0.2, 0) is 11.3 Å². The van der Waals surface area contributed by atoms with E-state index in [1.165, 1.54) is 16.2 Å². The van der Waals surface area contributed by atoms with Crippen molar-refractivity contribution < 1.29 is 9.53 Å². The van der Waals surface area contributed by atoms with Crippen molar-refractivity contribution in [1.29, 1.82) is 0 Å². The zero-order chi connectivity index (χ0) is 13.9. The molecular formula is C13H21N3O2S. The molecule has 0 aromatic carbocycles. The molecule has 19 heavy (non-hydrogen) atoms. The van der Waals surface area contributed by atoms with E-state index in [1.807, 2.05) is 12.1 Å². The van der Waals surface area contributed by atoms with Crippen molar-refractivity contribution in [1.82, 2.24) is 10.3 Å². The number of methoxy groups -OCH3 is 1. The molecule has 0 bridgehead atoms. The lowest BCUT2D eigenvalue weighted by Gasteiger charge is -2.39. The van der Waals surface area contributed by atoms with Crippen LogP contribution in [0, 0.1) is 0 Å². The van der Waals surface area contributed by atoms with Gasteiger partial charge in [-0.15, -0.1) is 11.3 Å². The van der Waals surface area contributed by atoms with Crippen LogP contribution < -0.4 is 11.3 Å². The van der Waals surface area contributed by atoms with Crippen LogP contribution in [0.25, 0.3) is 0 Å². The normalized spacial score (nSPS) is 24.4. The summed E-state index contributed by atoms with van der Waals surface area (Å²) in [4.78, 5) is 15.6. The zero-order valence-corrected chi connectivity index (χ0v) is 12.3. The number of nitrogens with two attached hydrogens (primary N) is 1. The van der Waals surface area contributed by atoms with E-state index in [0.717, 1.165) is 32.5 Å². The molecule has 0 spiro atoms. The summed E-state index contributed by atoms with van der Waals surface area (Å²) in [5.41, 5.74) is 2.11. The van der Waals surface area contributed by atoms with Crippen molar-refractivity contribution in [2.45, 2.75) is 31.9 Å². The molecule has 5 nitrogen and oxygen atoms in total. The van der Waals surface area contributed by atoms with Gasteiger partial charge in [-0.1, -0.05) is 0 Å². The Balaban J connectivity index is 1.97. The number of nitrogens with one attached hydrogen (secondary N) is 1. The van der Waals surface area contributed by atoms with Crippen LogP contribution in [0.1, 0.15) is 34.3 Å². The van der Waals surface area contributed by atoms with Gasteiger partial charge in [-0.2, -0.15) is 0 Å². The number of carbonyl (C=O) groups is 1. The molecule has 1 aromatic rings. The largest absolute Gasteiger partial charge is 0.377 e. The van der Waals surface area contributed by atoms with Crippen molar-refractivity contribution >= 4 is 17.2 Å². The second-order valence-electron chi connectivity index (χ2n) is 5.21. The number of carbonyl (C=O) groups excluding carboxylic acids is 1. The molecule has 6 heteroatoms. The molecule has 0 aliphatic carbocycles. The van der Waals surface area contributed by atoms with Gasteiger partial charge in [-0.05, 0) is 38.4 Å². The standard InChI is InChI=1S/C13H21N3O2S/c1-13(18-2)6-3-7-16(9-13)8-10-4-5-11(19-10)12(17)15-14/h4-5H,3,6-9,14H2,1-2H3,(H,15,17). The SMILES string of the molecule is COC1(C)CCCN(Cc2ccc(C(=O)NN)s2)C1. The Kier molecular flexibility index (Phi) is 4.57. The number of nitrogen functional groups attached to an aromatic ring is 1. The first-order chi connectivity index (χ1) is 9.06. The number of thiophene rings is 1. The Bertz CT molecular complexity index is 449. The minimum Gasteiger partial charge on any atom is -0.377 e. The summed E-state index contributed by atoms with van der Waals surface area (Å²) in [7, 11) is 1.78. The Hall–Kier alpha value is -0.950. The molecule has 2 rings (SSSR count). The van der Waals surface area contributed by atoms with Crippen LogP contribution >= 0.6 is 11.3 Å². The minimum absolute atomic E-state index is 0.0486. The van der Waals surface area contributed by atoms with Gasteiger partial charge in [0.05, 0.1) is 10.5 Å². The predicted molar refractivity (Wildman–Crippen MR) is 75.9 cm³/mol. The monoisotopic (exact) mass is 283 g/mol. The molecule has 3 N–H and O–H groups in total. The highest BCUT2D eigenvalue weighted by Gasteiger charge is 2.30. The number of piperidine rings is 1. The summed E-state index contributed by atoms with van der Waals surface area (Å²) in [6.45, 7) is 5.03. The molecule has 106 valence electrons. The lowest BCUT2D eigenvalue weighted by molar-refractivity contribution is -0.0524. The third kappa shape index (κ3) is 3.54. The van der Waals surface area contributed by atoms with E-state index in [2.05, 4.69) is 17.2 Å². The van der Waals surface area contributed by atoms with Gasteiger partial charge >= 0.3 is 0 Å². The van der Waals surface area contributed by atoms with Crippen LogP contribution in [-0.4, -0.2) is 36.6 Å². The van der Waals surface area contributed by atoms with E-state index in [9.17, 15) is 4.79 Å². The fourth-order valence-corrected chi connectivity index (χ4v) is 3.44. The van der Waals surface area contributed by atoms with Crippen molar-refractivity contribution in [3.8, 4) is 0 Å². The van der Waals surface area contributed by atoms with Gasteiger partial charge < -0.3 is 4.74 Å². The quantitative estimate of drug-likeness (QED) is 0.497. The summed E-state index contributed by atoms with van der Waals surface area (Å²) < 4.78 is 5.59. The number of hydrogen-bond acceptors (Lipinski definition) is 5. The average Bonchev–Trinajstić information content (AvgIpc) is 2.86. The van der Waals surface area contributed by atoms with E-state index in [0.29, 0.717) is 4.88 Å². The maximum atomic E-state index is 11.4. The van der Waals surface area contributed by atoms with Gasteiger partial charge in [0, 0.05) is 25.1 Å². The number of likely N-dealkylation sites (tertiary alicyclic amines) is 1. The fourth-order valence-electron chi connectivity index (χ4n) is 2.49. The molecular weight excluding hydrogens is 262 g/mol. The van der Waals surface area contributed by atoms with Crippen molar-refractivity contribution in [3.05, 3.63) is 21.9 Å². The molecule has 1 unspecified atom stereocenters. The van der Waals surface area contributed by atoms with E-state index in [-0.39, 0.29) is 11.5 Å². The molecule has 1 aliphatic heterocycles. The number of hydrogen-bond donors (Lipinski definition) is 2. The smallest absolute Gasteiger partial charge is 0.275 e. The number of rotatable bonds is 4. The highest BCUT2D eigenvalue weighted by atomic mass is 32.1. The lowest BCUT2D eigenvalue weighted by Crippen LogP contribution is -2.46. The summed E-state index contributed by atoms with van der Waals surface area (Å²) in [6, 6.07) is 3.82. The van der Waals surface area contributed by atoms with E-state index < -0.39 is 0 Å². The number of hydrazine groups is 1. The summed E-state index contributed by atoms with van der Waals surface area (Å²) in [5, 5.41) is 0. The van der Waals surface area contributed by atoms with Crippen LogP contribution in [0.4, 0.5) is 0 Å². The topological polar surface area (TPSA) is 67.6 Å². The zero-order valence-electron chi connectivity index (χ0n) is 11.4. The number of ether oxygens (including phenoxy) is 1. The second-order valence-corrected chi connectivity index (χ2v) is 6.38. The fraction of sp³-hybridized carbons (Fsp3) is 0.615. The Morgan fingerprint density at radius 1 is 1.63 bits per heavy atom. The van der Waals surface area contributed by atoms with E-state index >= 15 is 0 Å². The van der Waals surface area contributed by atoms with Crippen molar-refractivity contribution in [2.24, 2.45) is 5.84 Å². The first kappa shape index (κ1) is 14.5. The second kappa shape index (κ2) is 6.00. The van der Waals surface area contributed by atoms with Gasteiger partial charge in [-0.25, -0.2) is 5.84 Å². The molecule has 1 amide bonds. The highest BCUT2D eigenvalue weighted by molar-refractivity contribution is 7.14. The first-order valence-electron chi connectivity index (χ1n) is 6.43. The summed E-state index contributed by atoms with van der Waals surface area (Å²) in [6.07, 6.45) is 2.25. The molecule has 2 heterocycles. The van der Waals surface area contributed by atoms with E-state index in [4.69, 9.17) is 10.6 Å². The maximum absolute atomic E-state index is 11.4. The van der Waals surface area contributed by atoms with Gasteiger partial charge in [0.1, 0.15) is 0 Å². The lowest BCUT2D eigenvalue weighted by atomic mass is 9.95. The third-order valence-electron chi connectivity index (χ3n) is 3.63. The Morgan fingerprint density at radius 2 is 2.42 bits per heavy atom. The molecule has 1 aliphatic rings. The molecule has 1 atom stereocenters. The number of nitrogens with zero attached hydrogens (tertiary/aromatic N) is 1. The predicted octanol–water partition coefficient (Wildman–Crippen LogP) is 1.35. The average molecular weight is 283 g/mol. The van der Waals surface area contributed by atoms with Gasteiger partial charge in [0.25, 0.3) is 5.91 Å². The van der Waals surface area contributed by atoms with Gasteiger partial charge in [0.15, 0.2) is 0 Å². The van der Waals surface area contributed by atoms with Crippen LogP contribution in [0.2, 0.25) is 0 Å². The summed E-state index contributed by atoms with van der Waals surface area (Å²) in [5.74, 6) is 4.91. The molecule has 1 fully saturated rings. The Morgan fingerprint density at radius 3 is 3.11 bits per heavy atom. The van der Waals surface area contributed by atoms with E-state index in [1.54, 1.807) is 7.11 Å². The number of amides is 1. The summed E-state index contributed by atoms with van der Waals surface area (Å²) >= 11 is 1.49. The Labute approximate surface area is 117 Å². The van der Waals surface area contributed by atoms with Gasteiger partial charge in [0.2, 0.25) is 0 Å².